The van der Waals surface area contributed by atoms with Crippen molar-refractivity contribution in [2.24, 2.45) is 0 Å². The summed E-state index contributed by atoms with van der Waals surface area (Å²) >= 11 is 0. The Morgan fingerprint density at radius 1 is 1.50 bits per heavy atom. The molecule has 0 saturated carbocycles. The van der Waals surface area contributed by atoms with E-state index >= 15 is 0 Å². The van der Waals surface area contributed by atoms with Crippen LogP contribution in [-0.2, 0) is 14.9 Å². The van der Waals surface area contributed by atoms with E-state index in [9.17, 15) is 9.18 Å². The van der Waals surface area contributed by atoms with E-state index in [-0.39, 0.29) is 5.82 Å². The second-order valence-corrected chi connectivity index (χ2v) is 3.59. The van der Waals surface area contributed by atoms with Crippen LogP contribution in [0.1, 0.15) is 12.0 Å². The molecule has 0 unspecified atom stereocenters. The second kappa shape index (κ2) is 3.50. The SMILES string of the molecule is O=C[C@]1(c2cccc(F)c2)CCOC1. The highest BCUT2D eigenvalue weighted by Gasteiger charge is 2.36. The zero-order chi connectivity index (χ0) is 10.0. The molecule has 1 aliphatic heterocycles. The van der Waals surface area contributed by atoms with Crippen LogP contribution in [0.4, 0.5) is 4.39 Å². The number of aldehydes is 1. The summed E-state index contributed by atoms with van der Waals surface area (Å²) < 4.78 is 18.2. The third-order valence-electron chi connectivity index (χ3n) is 2.68. The smallest absolute Gasteiger partial charge is 0.132 e. The van der Waals surface area contributed by atoms with Gasteiger partial charge in [-0.1, -0.05) is 12.1 Å². The first-order chi connectivity index (χ1) is 6.77. The minimum atomic E-state index is -0.623. The molecule has 0 radical (unpaired) electrons. The van der Waals surface area contributed by atoms with Gasteiger partial charge in [-0.15, -0.1) is 0 Å². The lowest BCUT2D eigenvalue weighted by Crippen LogP contribution is -2.28. The standard InChI is InChI=1S/C11H11FO2/c12-10-3-1-2-9(6-10)11(7-13)4-5-14-8-11/h1-3,6-7H,4-5,8H2/t11-/m1/s1. The summed E-state index contributed by atoms with van der Waals surface area (Å²) in [4.78, 5) is 11.0. The Morgan fingerprint density at radius 3 is 2.93 bits per heavy atom. The Kier molecular flexibility index (Phi) is 2.33. The summed E-state index contributed by atoms with van der Waals surface area (Å²) in [6.07, 6.45) is 1.51. The van der Waals surface area contributed by atoms with Crippen LogP contribution in [0.3, 0.4) is 0 Å². The molecule has 0 N–H and O–H groups in total. The van der Waals surface area contributed by atoms with E-state index in [1.54, 1.807) is 12.1 Å². The number of hydrogen-bond donors (Lipinski definition) is 0. The Morgan fingerprint density at radius 2 is 2.36 bits per heavy atom. The lowest BCUT2D eigenvalue weighted by Gasteiger charge is -2.20. The van der Waals surface area contributed by atoms with E-state index in [0.29, 0.717) is 25.2 Å². The summed E-state index contributed by atoms with van der Waals surface area (Å²) in [5.41, 5.74) is 0.0900. The van der Waals surface area contributed by atoms with Gasteiger partial charge in [0.15, 0.2) is 0 Å². The van der Waals surface area contributed by atoms with Crippen LogP contribution in [-0.4, -0.2) is 19.5 Å². The molecule has 14 heavy (non-hydrogen) atoms. The molecule has 0 aromatic heterocycles. The van der Waals surface area contributed by atoms with Gasteiger partial charge in [0.05, 0.1) is 12.0 Å². The average Bonchev–Trinajstić information content (AvgIpc) is 2.67. The predicted molar refractivity (Wildman–Crippen MR) is 49.6 cm³/mol. The van der Waals surface area contributed by atoms with Gasteiger partial charge in [-0.3, -0.25) is 0 Å². The highest BCUT2D eigenvalue weighted by Crippen LogP contribution is 2.31. The van der Waals surface area contributed by atoms with Crippen molar-refractivity contribution in [3.8, 4) is 0 Å². The molecule has 1 heterocycles. The van der Waals surface area contributed by atoms with Crippen molar-refractivity contribution in [3.05, 3.63) is 35.6 Å². The van der Waals surface area contributed by atoms with Gasteiger partial charge < -0.3 is 9.53 Å². The molecule has 0 amide bonds. The second-order valence-electron chi connectivity index (χ2n) is 3.59. The van der Waals surface area contributed by atoms with Gasteiger partial charge in [-0.05, 0) is 24.1 Å². The van der Waals surface area contributed by atoms with Crippen LogP contribution in [0, 0.1) is 5.82 Å². The maximum absolute atomic E-state index is 13.0. The molecular weight excluding hydrogens is 183 g/mol. The largest absolute Gasteiger partial charge is 0.380 e. The first-order valence-corrected chi connectivity index (χ1v) is 4.57. The van der Waals surface area contributed by atoms with Gasteiger partial charge in [-0.2, -0.15) is 0 Å². The molecule has 74 valence electrons. The fourth-order valence-corrected chi connectivity index (χ4v) is 1.77. The molecule has 1 fully saturated rings. The number of benzene rings is 1. The van der Waals surface area contributed by atoms with Crippen molar-refractivity contribution in [1.29, 1.82) is 0 Å². The van der Waals surface area contributed by atoms with Crippen molar-refractivity contribution >= 4 is 6.29 Å². The van der Waals surface area contributed by atoms with Crippen LogP contribution in [0.25, 0.3) is 0 Å². The van der Waals surface area contributed by atoms with E-state index in [0.717, 1.165) is 6.29 Å². The lowest BCUT2D eigenvalue weighted by atomic mass is 9.81. The third-order valence-corrected chi connectivity index (χ3v) is 2.68. The van der Waals surface area contributed by atoms with E-state index < -0.39 is 5.41 Å². The number of carbonyl (C=O) groups excluding carboxylic acids is 1. The first kappa shape index (κ1) is 9.34. The summed E-state index contributed by atoms with van der Waals surface area (Å²) in [5, 5.41) is 0. The molecule has 1 aromatic rings. The van der Waals surface area contributed by atoms with Crippen molar-refractivity contribution in [2.75, 3.05) is 13.2 Å². The van der Waals surface area contributed by atoms with Crippen LogP contribution >= 0.6 is 0 Å². The molecule has 2 rings (SSSR count). The van der Waals surface area contributed by atoms with Crippen LogP contribution in [0.5, 0.6) is 0 Å². The van der Waals surface area contributed by atoms with E-state index in [4.69, 9.17) is 4.74 Å². The molecule has 0 aliphatic carbocycles. The van der Waals surface area contributed by atoms with Crippen molar-refractivity contribution in [1.82, 2.24) is 0 Å². The zero-order valence-electron chi connectivity index (χ0n) is 7.70. The van der Waals surface area contributed by atoms with Crippen LogP contribution < -0.4 is 0 Å². The number of rotatable bonds is 2. The van der Waals surface area contributed by atoms with E-state index in [1.807, 2.05) is 0 Å². The molecule has 2 nitrogen and oxygen atoms in total. The number of hydrogen-bond acceptors (Lipinski definition) is 2. The summed E-state index contributed by atoms with van der Waals surface area (Å²) in [6.45, 7) is 0.926. The Hall–Kier alpha value is -1.22. The summed E-state index contributed by atoms with van der Waals surface area (Å²) in [7, 11) is 0. The quantitative estimate of drug-likeness (QED) is 0.669. The normalized spacial score (nSPS) is 26.4. The molecule has 1 aromatic carbocycles. The monoisotopic (exact) mass is 194 g/mol. The maximum atomic E-state index is 13.0. The van der Waals surface area contributed by atoms with Gasteiger partial charge in [-0.25, -0.2) is 4.39 Å². The van der Waals surface area contributed by atoms with Gasteiger partial charge in [0.25, 0.3) is 0 Å². The lowest BCUT2D eigenvalue weighted by molar-refractivity contribution is -0.112. The first-order valence-electron chi connectivity index (χ1n) is 4.57. The van der Waals surface area contributed by atoms with Crippen molar-refractivity contribution in [3.63, 3.8) is 0 Å². The third kappa shape index (κ3) is 1.44. The average molecular weight is 194 g/mol. The molecule has 3 heteroatoms. The summed E-state index contributed by atoms with van der Waals surface area (Å²) in [6, 6.07) is 6.17. The van der Waals surface area contributed by atoms with Gasteiger partial charge in [0, 0.05) is 6.61 Å². The van der Waals surface area contributed by atoms with Gasteiger partial charge in [0.2, 0.25) is 0 Å². The Bertz CT molecular complexity index is 343. The number of halogens is 1. The zero-order valence-corrected chi connectivity index (χ0v) is 7.70. The van der Waals surface area contributed by atoms with Crippen molar-refractivity contribution in [2.45, 2.75) is 11.8 Å². The highest BCUT2D eigenvalue weighted by atomic mass is 19.1. The highest BCUT2D eigenvalue weighted by molar-refractivity contribution is 5.69. The Labute approximate surface area is 81.7 Å². The van der Waals surface area contributed by atoms with Gasteiger partial charge >= 0.3 is 0 Å². The predicted octanol–water partition coefficient (Wildman–Crippen LogP) is 1.68. The minimum Gasteiger partial charge on any atom is -0.380 e. The van der Waals surface area contributed by atoms with E-state index in [1.165, 1.54) is 12.1 Å². The van der Waals surface area contributed by atoms with E-state index in [2.05, 4.69) is 0 Å². The fourth-order valence-electron chi connectivity index (χ4n) is 1.77. The van der Waals surface area contributed by atoms with Crippen LogP contribution in [0.2, 0.25) is 0 Å². The Balaban J connectivity index is 2.40. The van der Waals surface area contributed by atoms with Gasteiger partial charge in [0.1, 0.15) is 12.1 Å². The molecule has 1 saturated heterocycles. The minimum absolute atomic E-state index is 0.310. The summed E-state index contributed by atoms with van der Waals surface area (Å²) in [5.74, 6) is -0.310. The fraction of sp³-hybridized carbons (Fsp3) is 0.364. The molecule has 0 bridgehead atoms. The molecule has 0 spiro atoms. The molecule has 1 aliphatic rings. The topological polar surface area (TPSA) is 26.3 Å². The van der Waals surface area contributed by atoms with Crippen molar-refractivity contribution < 1.29 is 13.9 Å². The molecular formula is C11H11FO2. The number of carbonyl (C=O) groups is 1. The number of ether oxygens (including phenoxy) is 1. The molecule has 1 atom stereocenters. The maximum Gasteiger partial charge on any atom is 0.132 e. The van der Waals surface area contributed by atoms with Crippen LogP contribution in [0.15, 0.2) is 24.3 Å².